The van der Waals surface area contributed by atoms with Crippen LogP contribution in [0.15, 0.2) is 18.2 Å². The Kier molecular flexibility index (Phi) is 7.12. The van der Waals surface area contributed by atoms with Crippen molar-refractivity contribution < 1.29 is 9.13 Å². The number of methoxy groups -OCH3 is 1. The van der Waals surface area contributed by atoms with Gasteiger partial charge in [-0.3, -0.25) is 4.90 Å². The van der Waals surface area contributed by atoms with Crippen LogP contribution in [0.5, 0.6) is 5.75 Å². The standard InChI is InChI=1S/C18H27FN2O.ClH/c1-22-15-7-8-17(19)16(13-15)18(14-5-3-2-4-6-14)21-11-9-20-10-12-21;/h7-8,13-14,18,20H,2-6,9-12H2,1H3;1H/t18-;/m0./s1. The molecule has 0 bridgehead atoms. The molecular weight excluding hydrogens is 315 g/mol. The van der Waals surface area contributed by atoms with E-state index < -0.39 is 0 Å². The summed E-state index contributed by atoms with van der Waals surface area (Å²) in [6.45, 7) is 3.99. The Morgan fingerprint density at radius 3 is 2.52 bits per heavy atom. The summed E-state index contributed by atoms with van der Waals surface area (Å²) in [5, 5.41) is 3.40. The second-order valence-electron chi connectivity index (χ2n) is 6.52. The maximum absolute atomic E-state index is 14.6. The van der Waals surface area contributed by atoms with E-state index in [9.17, 15) is 4.39 Å². The molecule has 2 fully saturated rings. The van der Waals surface area contributed by atoms with Crippen molar-refractivity contribution in [3.05, 3.63) is 29.6 Å². The Morgan fingerprint density at radius 1 is 1.17 bits per heavy atom. The summed E-state index contributed by atoms with van der Waals surface area (Å²) >= 11 is 0. The van der Waals surface area contributed by atoms with Crippen molar-refractivity contribution >= 4 is 12.4 Å². The van der Waals surface area contributed by atoms with E-state index in [1.165, 1.54) is 32.1 Å². The number of rotatable bonds is 4. The minimum absolute atomic E-state index is 0. The molecule has 3 nitrogen and oxygen atoms in total. The maximum Gasteiger partial charge on any atom is 0.128 e. The van der Waals surface area contributed by atoms with Crippen LogP contribution in [-0.2, 0) is 0 Å². The first-order valence-electron chi connectivity index (χ1n) is 8.58. The van der Waals surface area contributed by atoms with E-state index in [4.69, 9.17) is 4.74 Å². The molecular formula is C18H28ClFN2O. The van der Waals surface area contributed by atoms with Gasteiger partial charge in [-0.05, 0) is 37.0 Å². The van der Waals surface area contributed by atoms with Crippen molar-refractivity contribution in [3.63, 3.8) is 0 Å². The van der Waals surface area contributed by atoms with E-state index in [0.29, 0.717) is 5.92 Å². The highest BCUT2D eigenvalue weighted by Gasteiger charge is 2.32. The van der Waals surface area contributed by atoms with Crippen molar-refractivity contribution in [1.29, 1.82) is 0 Å². The zero-order chi connectivity index (χ0) is 15.4. The Morgan fingerprint density at radius 2 is 1.87 bits per heavy atom. The largest absolute Gasteiger partial charge is 0.497 e. The molecule has 2 aliphatic rings. The molecule has 0 aromatic heterocycles. The Labute approximate surface area is 145 Å². The lowest BCUT2D eigenvalue weighted by molar-refractivity contribution is 0.100. The average Bonchev–Trinajstić information content (AvgIpc) is 2.59. The molecule has 0 unspecified atom stereocenters. The summed E-state index contributed by atoms with van der Waals surface area (Å²) in [6.07, 6.45) is 6.31. The minimum Gasteiger partial charge on any atom is -0.497 e. The molecule has 1 aliphatic heterocycles. The molecule has 1 N–H and O–H groups in total. The van der Waals surface area contributed by atoms with Gasteiger partial charge < -0.3 is 10.1 Å². The zero-order valence-corrected chi connectivity index (χ0v) is 14.7. The Balaban J connectivity index is 0.00000192. The monoisotopic (exact) mass is 342 g/mol. The van der Waals surface area contributed by atoms with Crippen molar-refractivity contribution in [1.82, 2.24) is 10.2 Å². The van der Waals surface area contributed by atoms with Gasteiger partial charge in [0.2, 0.25) is 0 Å². The van der Waals surface area contributed by atoms with Gasteiger partial charge in [0.1, 0.15) is 11.6 Å². The molecule has 1 heterocycles. The highest BCUT2D eigenvalue weighted by Crippen LogP contribution is 2.40. The van der Waals surface area contributed by atoms with Crippen molar-refractivity contribution in [2.24, 2.45) is 5.92 Å². The molecule has 0 radical (unpaired) electrons. The fraction of sp³-hybridized carbons (Fsp3) is 0.667. The maximum atomic E-state index is 14.6. The van der Waals surface area contributed by atoms with Gasteiger partial charge in [0.05, 0.1) is 7.11 Å². The lowest BCUT2D eigenvalue weighted by Crippen LogP contribution is -2.47. The van der Waals surface area contributed by atoms with Crippen LogP contribution in [0.2, 0.25) is 0 Å². The van der Waals surface area contributed by atoms with Gasteiger partial charge in [-0.1, -0.05) is 19.3 Å². The van der Waals surface area contributed by atoms with Gasteiger partial charge in [0, 0.05) is 37.8 Å². The summed E-state index contributed by atoms with van der Waals surface area (Å²) < 4.78 is 19.9. The van der Waals surface area contributed by atoms with Crippen molar-refractivity contribution in [3.8, 4) is 5.75 Å². The van der Waals surface area contributed by atoms with E-state index in [2.05, 4.69) is 10.2 Å². The summed E-state index contributed by atoms with van der Waals surface area (Å²) in [6, 6.07) is 5.38. The number of ether oxygens (including phenoxy) is 1. The topological polar surface area (TPSA) is 24.5 Å². The quantitative estimate of drug-likeness (QED) is 0.901. The average molecular weight is 343 g/mol. The van der Waals surface area contributed by atoms with Gasteiger partial charge in [-0.25, -0.2) is 4.39 Å². The molecule has 0 spiro atoms. The molecule has 1 aromatic rings. The van der Waals surface area contributed by atoms with Crippen LogP contribution >= 0.6 is 12.4 Å². The fourth-order valence-electron chi connectivity index (χ4n) is 4.03. The summed E-state index contributed by atoms with van der Waals surface area (Å²) in [5.41, 5.74) is 0.827. The molecule has 1 aromatic carbocycles. The lowest BCUT2D eigenvalue weighted by Gasteiger charge is -2.41. The molecule has 1 atom stereocenters. The van der Waals surface area contributed by atoms with Gasteiger partial charge in [-0.2, -0.15) is 0 Å². The zero-order valence-electron chi connectivity index (χ0n) is 13.9. The van der Waals surface area contributed by atoms with Crippen molar-refractivity contribution in [2.45, 2.75) is 38.1 Å². The second kappa shape index (κ2) is 8.86. The first kappa shape index (κ1) is 18.5. The predicted molar refractivity (Wildman–Crippen MR) is 94.0 cm³/mol. The molecule has 130 valence electrons. The van der Waals surface area contributed by atoms with E-state index in [1.54, 1.807) is 19.2 Å². The van der Waals surface area contributed by atoms with E-state index in [0.717, 1.165) is 37.5 Å². The molecule has 1 saturated carbocycles. The number of piperazine rings is 1. The first-order chi connectivity index (χ1) is 10.8. The number of benzene rings is 1. The van der Waals surface area contributed by atoms with Crippen LogP contribution in [-0.4, -0.2) is 38.2 Å². The van der Waals surface area contributed by atoms with E-state index >= 15 is 0 Å². The second-order valence-corrected chi connectivity index (χ2v) is 6.52. The van der Waals surface area contributed by atoms with Crippen molar-refractivity contribution in [2.75, 3.05) is 33.3 Å². The highest BCUT2D eigenvalue weighted by atomic mass is 35.5. The summed E-state index contributed by atoms with van der Waals surface area (Å²) in [5.74, 6) is 1.23. The van der Waals surface area contributed by atoms with Crippen LogP contribution in [0.1, 0.15) is 43.7 Å². The minimum atomic E-state index is -0.0880. The van der Waals surface area contributed by atoms with Crippen LogP contribution in [0.4, 0.5) is 4.39 Å². The lowest BCUT2D eigenvalue weighted by atomic mass is 9.80. The molecule has 3 rings (SSSR count). The van der Waals surface area contributed by atoms with Gasteiger partial charge in [0.15, 0.2) is 0 Å². The summed E-state index contributed by atoms with van der Waals surface area (Å²) in [7, 11) is 1.65. The van der Waals surface area contributed by atoms with Crippen LogP contribution in [0, 0.1) is 11.7 Å². The van der Waals surface area contributed by atoms with E-state index in [1.807, 2.05) is 6.07 Å². The molecule has 1 saturated heterocycles. The summed E-state index contributed by atoms with van der Waals surface area (Å²) in [4.78, 5) is 2.48. The number of nitrogens with zero attached hydrogens (tertiary/aromatic N) is 1. The predicted octanol–water partition coefficient (Wildman–Crippen LogP) is 3.78. The van der Waals surface area contributed by atoms with Gasteiger partial charge >= 0.3 is 0 Å². The van der Waals surface area contributed by atoms with Gasteiger partial charge in [-0.15, -0.1) is 12.4 Å². The van der Waals surface area contributed by atoms with Crippen LogP contribution in [0.25, 0.3) is 0 Å². The molecule has 0 amide bonds. The fourth-order valence-corrected chi connectivity index (χ4v) is 4.03. The molecule has 23 heavy (non-hydrogen) atoms. The SMILES string of the molecule is COc1ccc(F)c([C@H](C2CCCCC2)N2CCNCC2)c1.Cl. The van der Waals surface area contributed by atoms with Crippen LogP contribution in [0.3, 0.4) is 0 Å². The normalized spacial score (nSPS) is 21.5. The number of hydrogen-bond acceptors (Lipinski definition) is 3. The number of halogens is 2. The highest BCUT2D eigenvalue weighted by molar-refractivity contribution is 5.85. The molecule has 5 heteroatoms. The number of hydrogen-bond donors (Lipinski definition) is 1. The smallest absolute Gasteiger partial charge is 0.128 e. The number of nitrogens with one attached hydrogen (secondary N) is 1. The van der Waals surface area contributed by atoms with Crippen LogP contribution < -0.4 is 10.1 Å². The van der Waals surface area contributed by atoms with Gasteiger partial charge in [0.25, 0.3) is 0 Å². The van der Waals surface area contributed by atoms with E-state index in [-0.39, 0.29) is 24.3 Å². The Hall–Kier alpha value is -0.840. The Bertz CT molecular complexity index is 470. The third-order valence-corrected chi connectivity index (χ3v) is 5.16. The molecule has 1 aliphatic carbocycles. The third-order valence-electron chi connectivity index (χ3n) is 5.16. The third kappa shape index (κ3) is 4.37. The first-order valence-corrected chi connectivity index (χ1v) is 8.58.